The molecular weight excluding hydrogens is 246 g/mol. The summed E-state index contributed by atoms with van der Waals surface area (Å²) in [5.74, 6) is 0.150. The fourth-order valence-corrected chi connectivity index (χ4v) is 3.15. The summed E-state index contributed by atoms with van der Waals surface area (Å²) in [5, 5.41) is 0.213. The molecule has 1 aliphatic heterocycles. The molecule has 0 N–H and O–H groups in total. The van der Waals surface area contributed by atoms with Gasteiger partial charge in [0, 0.05) is 31.7 Å². The van der Waals surface area contributed by atoms with Gasteiger partial charge < -0.3 is 4.90 Å². The first-order chi connectivity index (χ1) is 8.56. The van der Waals surface area contributed by atoms with Crippen molar-refractivity contribution >= 4 is 22.8 Å². The maximum absolute atomic E-state index is 11.9. The number of carbonyl (C=O) groups is 2. The number of hydrogen-bond acceptors (Lipinski definition) is 3. The van der Waals surface area contributed by atoms with E-state index in [4.69, 9.17) is 0 Å². The first kappa shape index (κ1) is 13.1. The van der Waals surface area contributed by atoms with Crippen molar-refractivity contribution < 1.29 is 9.59 Å². The molecule has 1 amide bonds. The highest BCUT2D eigenvalue weighted by molar-refractivity contribution is 8.14. The normalized spacial score (nSPS) is 19.3. The van der Waals surface area contributed by atoms with Gasteiger partial charge in [-0.1, -0.05) is 36.0 Å². The number of rotatable bonds is 3. The largest absolute Gasteiger partial charge is 0.337 e. The zero-order valence-electron chi connectivity index (χ0n) is 10.7. The molecule has 0 aliphatic carbocycles. The molecule has 18 heavy (non-hydrogen) atoms. The summed E-state index contributed by atoms with van der Waals surface area (Å²) in [4.78, 5) is 24.8. The lowest BCUT2D eigenvalue weighted by molar-refractivity contribution is -0.128. The predicted molar refractivity (Wildman–Crippen MR) is 73.3 cm³/mol. The molecule has 96 valence electrons. The molecule has 3 nitrogen and oxygen atoms in total. The minimum absolute atomic E-state index is 0.0885. The molecule has 1 fully saturated rings. The number of amides is 1. The first-order valence-electron chi connectivity index (χ1n) is 6.06. The molecule has 0 spiro atoms. The molecule has 0 saturated carbocycles. The lowest BCUT2D eigenvalue weighted by Gasteiger charge is -2.17. The highest BCUT2D eigenvalue weighted by atomic mass is 32.2. The molecular formula is C14H17NO2S. The summed E-state index contributed by atoms with van der Waals surface area (Å²) in [6.07, 6.45) is 0.482. The van der Waals surface area contributed by atoms with E-state index in [-0.39, 0.29) is 16.3 Å². The van der Waals surface area contributed by atoms with Crippen molar-refractivity contribution in [2.75, 3.05) is 6.54 Å². The van der Waals surface area contributed by atoms with Crippen LogP contribution in [0.1, 0.15) is 24.5 Å². The van der Waals surface area contributed by atoms with Crippen molar-refractivity contribution in [3.8, 4) is 0 Å². The van der Waals surface area contributed by atoms with Crippen molar-refractivity contribution in [2.24, 2.45) is 0 Å². The van der Waals surface area contributed by atoms with Gasteiger partial charge in [-0.05, 0) is 18.1 Å². The van der Waals surface area contributed by atoms with E-state index in [2.05, 4.69) is 13.0 Å². The topological polar surface area (TPSA) is 37.4 Å². The van der Waals surface area contributed by atoms with Gasteiger partial charge in [0.05, 0.1) is 0 Å². The van der Waals surface area contributed by atoms with Crippen LogP contribution >= 0.6 is 11.8 Å². The van der Waals surface area contributed by atoms with Crippen molar-refractivity contribution in [2.45, 2.75) is 32.1 Å². The van der Waals surface area contributed by atoms with Crippen LogP contribution in [0.2, 0.25) is 0 Å². The van der Waals surface area contributed by atoms with E-state index in [0.29, 0.717) is 19.5 Å². The van der Waals surface area contributed by atoms with Gasteiger partial charge in [0.2, 0.25) is 5.91 Å². The minimum Gasteiger partial charge on any atom is -0.337 e. The van der Waals surface area contributed by atoms with Gasteiger partial charge >= 0.3 is 0 Å². The van der Waals surface area contributed by atoms with Gasteiger partial charge in [-0.25, -0.2) is 0 Å². The second-order valence-electron chi connectivity index (χ2n) is 4.64. The molecule has 0 bridgehead atoms. The van der Waals surface area contributed by atoms with E-state index in [1.807, 2.05) is 23.1 Å². The Morgan fingerprint density at radius 1 is 1.44 bits per heavy atom. The van der Waals surface area contributed by atoms with Gasteiger partial charge in [0.1, 0.15) is 0 Å². The van der Waals surface area contributed by atoms with Gasteiger partial charge in [-0.2, -0.15) is 0 Å². The first-order valence-corrected chi connectivity index (χ1v) is 6.93. The van der Waals surface area contributed by atoms with Crippen LogP contribution in [0.25, 0.3) is 0 Å². The standard InChI is InChI=1S/C14H17NO2S/c1-10-5-3-4-6-12(10)8-15-9-13(7-14(15)17)18-11(2)16/h3-6,13H,7-9H2,1-2H3. The van der Waals surface area contributed by atoms with Crippen molar-refractivity contribution in [1.29, 1.82) is 0 Å². The smallest absolute Gasteiger partial charge is 0.224 e. The summed E-state index contributed by atoms with van der Waals surface area (Å²) in [5.41, 5.74) is 2.38. The molecule has 2 rings (SSSR count). The van der Waals surface area contributed by atoms with E-state index in [1.165, 1.54) is 22.9 Å². The lowest BCUT2D eigenvalue weighted by Crippen LogP contribution is -2.25. The quantitative estimate of drug-likeness (QED) is 0.840. The van der Waals surface area contributed by atoms with E-state index >= 15 is 0 Å². The Kier molecular flexibility index (Phi) is 4.07. The molecule has 1 aromatic rings. The number of carbonyl (C=O) groups excluding carboxylic acids is 2. The zero-order chi connectivity index (χ0) is 13.1. The second-order valence-corrected chi connectivity index (χ2v) is 6.11. The fourth-order valence-electron chi connectivity index (χ4n) is 2.20. The van der Waals surface area contributed by atoms with Crippen LogP contribution in [-0.2, 0) is 16.1 Å². The summed E-state index contributed by atoms with van der Waals surface area (Å²) >= 11 is 1.28. The third kappa shape index (κ3) is 3.13. The van der Waals surface area contributed by atoms with Crippen LogP contribution in [0.3, 0.4) is 0 Å². The molecule has 0 radical (unpaired) electrons. The molecule has 0 aromatic heterocycles. The lowest BCUT2D eigenvalue weighted by atomic mass is 10.1. The van der Waals surface area contributed by atoms with Gasteiger partial charge in [-0.15, -0.1) is 0 Å². The Hall–Kier alpha value is -1.29. The average molecular weight is 263 g/mol. The van der Waals surface area contributed by atoms with Crippen LogP contribution in [0.4, 0.5) is 0 Å². The SMILES string of the molecule is CC(=O)SC1CC(=O)N(Cc2ccccc2C)C1. The van der Waals surface area contributed by atoms with Crippen molar-refractivity contribution in [3.63, 3.8) is 0 Å². The van der Waals surface area contributed by atoms with Gasteiger partial charge in [-0.3, -0.25) is 9.59 Å². The number of hydrogen-bond donors (Lipinski definition) is 0. The zero-order valence-corrected chi connectivity index (χ0v) is 11.5. The molecule has 1 unspecified atom stereocenters. The van der Waals surface area contributed by atoms with E-state index < -0.39 is 0 Å². The maximum atomic E-state index is 11.9. The van der Waals surface area contributed by atoms with Crippen LogP contribution in [0.5, 0.6) is 0 Å². The van der Waals surface area contributed by atoms with Crippen LogP contribution < -0.4 is 0 Å². The minimum atomic E-state index is 0.0885. The number of aryl methyl sites for hydroxylation is 1. The molecule has 1 aromatic carbocycles. The molecule has 4 heteroatoms. The van der Waals surface area contributed by atoms with Crippen LogP contribution in [-0.4, -0.2) is 27.7 Å². The highest BCUT2D eigenvalue weighted by Gasteiger charge is 2.30. The van der Waals surface area contributed by atoms with Crippen LogP contribution in [0.15, 0.2) is 24.3 Å². The molecule has 1 atom stereocenters. The Morgan fingerprint density at radius 2 is 2.17 bits per heavy atom. The van der Waals surface area contributed by atoms with Gasteiger partial charge in [0.25, 0.3) is 0 Å². The Labute approximate surface area is 112 Å². The molecule has 1 saturated heterocycles. The molecule has 1 heterocycles. The number of benzene rings is 1. The Morgan fingerprint density at radius 3 is 2.83 bits per heavy atom. The Balaban J connectivity index is 2.01. The van der Waals surface area contributed by atoms with Gasteiger partial charge in [0.15, 0.2) is 5.12 Å². The van der Waals surface area contributed by atoms with Crippen molar-refractivity contribution in [3.05, 3.63) is 35.4 Å². The van der Waals surface area contributed by atoms with Crippen LogP contribution in [0, 0.1) is 6.92 Å². The number of nitrogens with zero attached hydrogens (tertiary/aromatic N) is 1. The monoisotopic (exact) mass is 263 g/mol. The number of thioether (sulfide) groups is 1. The average Bonchev–Trinajstić information content (AvgIpc) is 2.61. The maximum Gasteiger partial charge on any atom is 0.224 e. The van der Waals surface area contributed by atoms with E-state index in [0.717, 1.165) is 0 Å². The fraction of sp³-hybridized carbons (Fsp3) is 0.429. The summed E-state index contributed by atoms with van der Waals surface area (Å²) in [6.45, 7) is 4.94. The third-order valence-corrected chi connectivity index (χ3v) is 4.12. The predicted octanol–water partition coefficient (Wildman–Crippen LogP) is 2.38. The summed E-state index contributed by atoms with van der Waals surface area (Å²) in [6, 6.07) is 8.09. The summed E-state index contributed by atoms with van der Waals surface area (Å²) < 4.78 is 0. The Bertz CT molecular complexity index is 473. The highest BCUT2D eigenvalue weighted by Crippen LogP contribution is 2.25. The molecule has 1 aliphatic rings. The van der Waals surface area contributed by atoms with E-state index in [9.17, 15) is 9.59 Å². The van der Waals surface area contributed by atoms with E-state index in [1.54, 1.807) is 6.92 Å². The van der Waals surface area contributed by atoms with Crippen molar-refractivity contribution in [1.82, 2.24) is 4.90 Å². The summed E-state index contributed by atoms with van der Waals surface area (Å²) in [7, 11) is 0. The third-order valence-electron chi connectivity index (χ3n) is 3.13. The second kappa shape index (κ2) is 5.57. The number of likely N-dealkylation sites (tertiary alicyclic amines) is 1.